The fourth-order valence-corrected chi connectivity index (χ4v) is 4.29. The Morgan fingerprint density at radius 2 is 1.36 bits per heavy atom. The lowest BCUT2D eigenvalue weighted by atomic mass is 10.2. The molecule has 3 N–H and O–H groups in total. The van der Waals surface area contributed by atoms with Crippen molar-refractivity contribution in [3.63, 3.8) is 0 Å². The summed E-state index contributed by atoms with van der Waals surface area (Å²) in [6.07, 6.45) is 0. The first-order valence-corrected chi connectivity index (χ1v) is 10.1. The molecule has 0 aliphatic heterocycles. The van der Waals surface area contributed by atoms with Crippen LogP contribution in [0.3, 0.4) is 0 Å². The van der Waals surface area contributed by atoms with Crippen LogP contribution in [0.2, 0.25) is 0 Å². The van der Waals surface area contributed by atoms with E-state index in [4.69, 9.17) is 5.84 Å². The summed E-state index contributed by atoms with van der Waals surface area (Å²) in [4.78, 5) is 11.8. The third kappa shape index (κ3) is 4.64. The zero-order valence-electron chi connectivity index (χ0n) is 15.2. The highest BCUT2D eigenvalue weighted by molar-refractivity contribution is 7.89. The fraction of sp³-hybridized carbons (Fsp3) is 0.0952. The van der Waals surface area contributed by atoms with Crippen molar-refractivity contribution < 1.29 is 13.2 Å². The summed E-state index contributed by atoms with van der Waals surface area (Å²) < 4.78 is 28.1. The molecule has 3 aromatic carbocycles. The van der Waals surface area contributed by atoms with Crippen LogP contribution in [-0.4, -0.2) is 18.6 Å². The SMILES string of the molecule is NNC(=O)c1cccc(S(=O)(=O)N(Cc2ccccc2)Cc2ccccc2)c1. The molecule has 0 spiro atoms. The molecule has 6 nitrogen and oxygen atoms in total. The number of amides is 1. The van der Waals surface area contributed by atoms with Crippen LogP contribution in [0.1, 0.15) is 21.5 Å². The van der Waals surface area contributed by atoms with Gasteiger partial charge in [-0.25, -0.2) is 14.3 Å². The van der Waals surface area contributed by atoms with E-state index < -0.39 is 15.9 Å². The summed E-state index contributed by atoms with van der Waals surface area (Å²) in [6.45, 7) is 0.427. The average molecular weight is 395 g/mol. The van der Waals surface area contributed by atoms with E-state index in [-0.39, 0.29) is 23.5 Å². The van der Waals surface area contributed by atoms with Gasteiger partial charge >= 0.3 is 0 Å². The molecule has 0 radical (unpaired) electrons. The molecular weight excluding hydrogens is 374 g/mol. The Labute approximate surface area is 164 Å². The predicted octanol–water partition coefficient (Wildman–Crippen LogP) is 2.68. The topological polar surface area (TPSA) is 92.5 Å². The lowest BCUT2D eigenvalue weighted by molar-refractivity contribution is 0.0953. The maximum Gasteiger partial charge on any atom is 0.265 e. The van der Waals surface area contributed by atoms with E-state index >= 15 is 0 Å². The first kappa shape index (κ1) is 19.8. The minimum absolute atomic E-state index is 0.0421. The van der Waals surface area contributed by atoms with Gasteiger partial charge < -0.3 is 0 Å². The number of rotatable bonds is 7. The number of nitrogen functional groups attached to an aromatic ring is 1. The van der Waals surface area contributed by atoms with Gasteiger partial charge in [-0.15, -0.1) is 0 Å². The van der Waals surface area contributed by atoms with Crippen molar-refractivity contribution in [3.05, 3.63) is 102 Å². The Morgan fingerprint density at radius 3 is 1.86 bits per heavy atom. The van der Waals surface area contributed by atoms with Crippen LogP contribution in [0.15, 0.2) is 89.8 Å². The van der Waals surface area contributed by atoms with Crippen molar-refractivity contribution in [2.45, 2.75) is 18.0 Å². The minimum Gasteiger partial charge on any atom is -0.290 e. The highest BCUT2D eigenvalue weighted by atomic mass is 32.2. The molecule has 0 aliphatic carbocycles. The summed E-state index contributed by atoms with van der Waals surface area (Å²) in [5.41, 5.74) is 3.95. The second-order valence-corrected chi connectivity index (χ2v) is 8.18. The van der Waals surface area contributed by atoms with E-state index in [1.807, 2.05) is 66.1 Å². The molecule has 0 saturated carbocycles. The van der Waals surface area contributed by atoms with Crippen LogP contribution in [0.25, 0.3) is 0 Å². The Hall–Kier alpha value is -3.00. The lowest BCUT2D eigenvalue weighted by Crippen LogP contribution is -2.32. The lowest BCUT2D eigenvalue weighted by Gasteiger charge is -2.23. The van der Waals surface area contributed by atoms with Crippen molar-refractivity contribution in [1.29, 1.82) is 0 Å². The van der Waals surface area contributed by atoms with Crippen LogP contribution in [0.5, 0.6) is 0 Å². The van der Waals surface area contributed by atoms with Crippen molar-refractivity contribution in [2.24, 2.45) is 5.84 Å². The van der Waals surface area contributed by atoms with Crippen LogP contribution >= 0.6 is 0 Å². The Morgan fingerprint density at radius 1 is 0.821 bits per heavy atom. The van der Waals surface area contributed by atoms with Gasteiger partial charge in [-0.1, -0.05) is 66.7 Å². The third-order valence-electron chi connectivity index (χ3n) is 4.27. The summed E-state index contributed by atoms with van der Waals surface area (Å²) >= 11 is 0. The monoisotopic (exact) mass is 395 g/mol. The largest absolute Gasteiger partial charge is 0.290 e. The highest BCUT2D eigenvalue weighted by Gasteiger charge is 2.25. The van der Waals surface area contributed by atoms with E-state index in [1.54, 1.807) is 0 Å². The Balaban J connectivity index is 1.99. The van der Waals surface area contributed by atoms with Crippen molar-refractivity contribution in [1.82, 2.24) is 9.73 Å². The summed E-state index contributed by atoms with van der Waals surface area (Å²) in [7, 11) is -3.85. The van der Waals surface area contributed by atoms with Crippen LogP contribution in [0, 0.1) is 0 Å². The second-order valence-electron chi connectivity index (χ2n) is 6.25. The van der Waals surface area contributed by atoms with Gasteiger partial charge in [0.1, 0.15) is 0 Å². The predicted molar refractivity (Wildman–Crippen MR) is 107 cm³/mol. The molecular formula is C21H21N3O3S. The molecule has 144 valence electrons. The smallest absolute Gasteiger partial charge is 0.265 e. The fourth-order valence-electron chi connectivity index (χ4n) is 2.83. The number of hydrazine groups is 1. The number of carbonyl (C=O) groups excluding carboxylic acids is 1. The highest BCUT2D eigenvalue weighted by Crippen LogP contribution is 2.22. The first-order valence-electron chi connectivity index (χ1n) is 8.70. The van der Waals surface area contributed by atoms with Gasteiger partial charge in [0.2, 0.25) is 10.0 Å². The molecule has 28 heavy (non-hydrogen) atoms. The van der Waals surface area contributed by atoms with E-state index in [0.29, 0.717) is 0 Å². The van der Waals surface area contributed by atoms with Gasteiger partial charge in [-0.2, -0.15) is 4.31 Å². The van der Waals surface area contributed by atoms with E-state index in [1.165, 1.54) is 28.6 Å². The van der Waals surface area contributed by atoms with Crippen molar-refractivity contribution in [2.75, 3.05) is 0 Å². The average Bonchev–Trinajstić information content (AvgIpc) is 2.74. The molecule has 0 heterocycles. The zero-order chi connectivity index (χ0) is 20.0. The van der Waals surface area contributed by atoms with Crippen LogP contribution in [0.4, 0.5) is 0 Å². The maximum absolute atomic E-state index is 13.4. The van der Waals surface area contributed by atoms with E-state index in [9.17, 15) is 13.2 Å². The molecule has 3 rings (SSSR count). The molecule has 3 aromatic rings. The molecule has 0 aliphatic rings. The summed E-state index contributed by atoms with van der Waals surface area (Å²) in [5, 5.41) is 0. The molecule has 0 aromatic heterocycles. The van der Waals surface area contributed by atoms with Gasteiger partial charge in [0.05, 0.1) is 4.90 Å². The van der Waals surface area contributed by atoms with Crippen molar-refractivity contribution >= 4 is 15.9 Å². The second kappa shape index (κ2) is 8.79. The van der Waals surface area contributed by atoms with E-state index in [0.717, 1.165) is 11.1 Å². The number of carbonyl (C=O) groups is 1. The summed E-state index contributed by atoms with van der Waals surface area (Å²) in [6, 6.07) is 24.6. The number of nitrogens with two attached hydrogens (primary N) is 1. The maximum atomic E-state index is 13.4. The number of hydrogen-bond acceptors (Lipinski definition) is 4. The van der Waals surface area contributed by atoms with Crippen LogP contribution in [-0.2, 0) is 23.1 Å². The molecule has 0 bridgehead atoms. The number of nitrogens with one attached hydrogen (secondary N) is 1. The van der Waals surface area contributed by atoms with Gasteiger partial charge in [0.25, 0.3) is 5.91 Å². The number of hydrogen-bond donors (Lipinski definition) is 2. The Bertz CT molecular complexity index is 997. The minimum atomic E-state index is -3.85. The molecule has 7 heteroatoms. The molecule has 0 unspecified atom stereocenters. The summed E-state index contributed by atoms with van der Waals surface area (Å²) in [5.74, 6) is 4.62. The van der Waals surface area contributed by atoms with Gasteiger partial charge in [0, 0.05) is 18.7 Å². The normalized spacial score (nSPS) is 11.4. The van der Waals surface area contributed by atoms with Gasteiger partial charge in [0.15, 0.2) is 0 Å². The zero-order valence-corrected chi connectivity index (χ0v) is 16.0. The molecule has 1 amide bonds. The Kier molecular flexibility index (Phi) is 6.20. The standard InChI is InChI=1S/C21H21N3O3S/c22-23-21(25)19-12-7-13-20(14-19)28(26,27)24(15-17-8-3-1-4-9-17)16-18-10-5-2-6-11-18/h1-14H,15-16,22H2,(H,23,25). The molecule has 0 fully saturated rings. The van der Waals surface area contributed by atoms with Crippen LogP contribution < -0.4 is 11.3 Å². The first-order chi connectivity index (χ1) is 13.5. The number of nitrogens with zero attached hydrogens (tertiary/aromatic N) is 1. The van der Waals surface area contributed by atoms with Crippen molar-refractivity contribution in [3.8, 4) is 0 Å². The van der Waals surface area contributed by atoms with Gasteiger partial charge in [-0.3, -0.25) is 10.2 Å². The molecule has 0 saturated heterocycles. The molecule has 0 atom stereocenters. The number of benzene rings is 3. The third-order valence-corrected chi connectivity index (χ3v) is 6.06. The number of sulfonamides is 1. The van der Waals surface area contributed by atoms with Gasteiger partial charge in [-0.05, 0) is 29.3 Å². The van der Waals surface area contributed by atoms with E-state index in [2.05, 4.69) is 0 Å². The quantitative estimate of drug-likeness (QED) is 0.365.